The van der Waals surface area contributed by atoms with Gasteiger partial charge in [-0.1, -0.05) is 12.1 Å². The molecule has 5 rings (SSSR count). The Balaban J connectivity index is 1.52. The standard InChI is InChI=1S/C24H22N4O4S2/c1-31-19-8-4-7-17(23(19)32-2)21-12-18-20(33-21)10-9-14-13-26-24(28-22(14)18)27-15-5-3-6-16(11-15)34(25,29)30/h3-8,11-13H,9-10H2,1-2H3,(H2,25,29,30)(H,26,27,28). The summed E-state index contributed by atoms with van der Waals surface area (Å²) in [6.07, 6.45) is 3.57. The molecule has 1 aliphatic rings. The number of rotatable bonds is 6. The van der Waals surface area contributed by atoms with Gasteiger partial charge in [0.05, 0.1) is 24.8 Å². The van der Waals surface area contributed by atoms with Crippen LogP contribution in [0.4, 0.5) is 11.6 Å². The zero-order valence-electron chi connectivity index (χ0n) is 18.5. The summed E-state index contributed by atoms with van der Waals surface area (Å²) in [6.45, 7) is 0. The minimum absolute atomic E-state index is 0.0208. The third-order valence-electron chi connectivity index (χ3n) is 5.64. The summed E-state index contributed by atoms with van der Waals surface area (Å²) in [6, 6.07) is 14.2. The van der Waals surface area contributed by atoms with Gasteiger partial charge >= 0.3 is 0 Å². The molecule has 174 valence electrons. The molecule has 4 aromatic rings. The highest BCUT2D eigenvalue weighted by atomic mass is 32.2. The van der Waals surface area contributed by atoms with Crippen molar-refractivity contribution in [2.75, 3.05) is 19.5 Å². The summed E-state index contributed by atoms with van der Waals surface area (Å²) in [5.41, 5.74) is 4.50. The van der Waals surface area contributed by atoms with E-state index in [9.17, 15) is 8.42 Å². The molecule has 0 atom stereocenters. The number of hydrogen-bond acceptors (Lipinski definition) is 8. The van der Waals surface area contributed by atoms with Crippen LogP contribution in [0.15, 0.2) is 59.6 Å². The van der Waals surface area contributed by atoms with Gasteiger partial charge < -0.3 is 14.8 Å². The lowest BCUT2D eigenvalue weighted by molar-refractivity contribution is 0.356. The maximum atomic E-state index is 11.7. The molecule has 0 aliphatic heterocycles. The molecule has 0 fully saturated rings. The minimum Gasteiger partial charge on any atom is -0.493 e. The molecule has 0 amide bonds. The van der Waals surface area contributed by atoms with Crippen molar-refractivity contribution >= 4 is 33.0 Å². The predicted molar refractivity (Wildman–Crippen MR) is 132 cm³/mol. The summed E-state index contributed by atoms with van der Waals surface area (Å²) in [7, 11) is -0.540. The number of nitrogens with zero attached hydrogens (tertiary/aromatic N) is 2. The first kappa shape index (κ1) is 22.3. The Morgan fingerprint density at radius 2 is 1.85 bits per heavy atom. The molecule has 3 N–H and O–H groups in total. The normalized spacial score (nSPS) is 12.6. The molecule has 34 heavy (non-hydrogen) atoms. The van der Waals surface area contributed by atoms with Gasteiger partial charge in [-0.2, -0.15) is 0 Å². The summed E-state index contributed by atoms with van der Waals surface area (Å²) in [4.78, 5) is 11.5. The molecule has 0 saturated heterocycles. The Labute approximate surface area is 201 Å². The molecule has 0 spiro atoms. The Hall–Kier alpha value is -3.47. The molecular weight excluding hydrogens is 472 g/mol. The van der Waals surface area contributed by atoms with Crippen LogP contribution in [-0.4, -0.2) is 32.6 Å². The van der Waals surface area contributed by atoms with Crippen LogP contribution in [0.5, 0.6) is 11.5 Å². The number of fused-ring (bicyclic) bond motifs is 3. The first-order valence-corrected chi connectivity index (χ1v) is 12.8. The van der Waals surface area contributed by atoms with Crippen LogP contribution in [0.25, 0.3) is 21.7 Å². The van der Waals surface area contributed by atoms with Crippen molar-refractivity contribution in [2.24, 2.45) is 5.14 Å². The molecule has 1 aliphatic carbocycles. The smallest absolute Gasteiger partial charge is 0.238 e. The van der Waals surface area contributed by atoms with E-state index in [0.29, 0.717) is 23.1 Å². The van der Waals surface area contributed by atoms with Gasteiger partial charge in [0.25, 0.3) is 0 Å². The number of hydrogen-bond donors (Lipinski definition) is 2. The zero-order valence-corrected chi connectivity index (χ0v) is 20.2. The fraction of sp³-hybridized carbons (Fsp3) is 0.167. The minimum atomic E-state index is -3.81. The van der Waals surface area contributed by atoms with Gasteiger partial charge in [0.15, 0.2) is 11.5 Å². The predicted octanol–water partition coefficient (Wildman–Crippen LogP) is 4.38. The molecule has 2 aromatic heterocycles. The van der Waals surface area contributed by atoms with Gasteiger partial charge in [0.2, 0.25) is 16.0 Å². The summed E-state index contributed by atoms with van der Waals surface area (Å²) < 4.78 is 34.4. The van der Waals surface area contributed by atoms with Crippen LogP contribution in [0.2, 0.25) is 0 Å². The Morgan fingerprint density at radius 3 is 2.62 bits per heavy atom. The number of aryl methyl sites for hydroxylation is 2. The van der Waals surface area contributed by atoms with Crippen molar-refractivity contribution in [1.29, 1.82) is 0 Å². The van der Waals surface area contributed by atoms with Gasteiger partial charge in [-0.15, -0.1) is 11.3 Å². The fourth-order valence-electron chi connectivity index (χ4n) is 4.04. The van der Waals surface area contributed by atoms with E-state index < -0.39 is 10.0 Å². The number of anilines is 2. The number of ether oxygens (including phenoxy) is 2. The largest absolute Gasteiger partial charge is 0.493 e. The van der Waals surface area contributed by atoms with E-state index >= 15 is 0 Å². The number of nitrogens with two attached hydrogens (primary N) is 1. The Bertz CT molecular complexity index is 1500. The van der Waals surface area contributed by atoms with E-state index in [1.165, 1.54) is 17.0 Å². The van der Waals surface area contributed by atoms with Crippen molar-refractivity contribution in [1.82, 2.24) is 9.97 Å². The Morgan fingerprint density at radius 1 is 1.03 bits per heavy atom. The Kier molecular flexibility index (Phi) is 5.72. The van der Waals surface area contributed by atoms with E-state index in [1.54, 1.807) is 37.7 Å². The van der Waals surface area contributed by atoms with Crippen LogP contribution in [-0.2, 0) is 22.9 Å². The van der Waals surface area contributed by atoms with Crippen LogP contribution >= 0.6 is 11.3 Å². The van der Waals surface area contributed by atoms with Gasteiger partial charge in [-0.05, 0) is 54.8 Å². The number of nitrogens with one attached hydrogen (secondary N) is 1. The van der Waals surface area contributed by atoms with E-state index in [4.69, 9.17) is 19.6 Å². The molecule has 10 heteroatoms. The van der Waals surface area contributed by atoms with Crippen LogP contribution in [0.3, 0.4) is 0 Å². The van der Waals surface area contributed by atoms with Crippen LogP contribution < -0.4 is 19.9 Å². The number of aromatic nitrogens is 2. The van der Waals surface area contributed by atoms with Crippen LogP contribution in [0.1, 0.15) is 10.4 Å². The fourth-order valence-corrected chi connectivity index (χ4v) is 5.78. The zero-order chi connectivity index (χ0) is 23.9. The monoisotopic (exact) mass is 494 g/mol. The quantitative estimate of drug-likeness (QED) is 0.409. The summed E-state index contributed by atoms with van der Waals surface area (Å²) >= 11 is 1.72. The van der Waals surface area contributed by atoms with E-state index in [2.05, 4.69) is 16.4 Å². The maximum absolute atomic E-state index is 11.7. The van der Waals surface area contributed by atoms with Crippen molar-refractivity contribution < 1.29 is 17.9 Å². The van der Waals surface area contributed by atoms with Gasteiger partial charge in [0, 0.05) is 32.8 Å². The number of thiophene rings is 1. The molecular formula is C24H22N4O4S2. The second-order valence-corrected chi connectivity index (χ2v) is 10.5. The topological polar surface area (TPSA) is 116 Å². The molecule has 0 radical (unpaired) electrons. The summed E-state index contributed by atoms with van der Waals surface area (Å²) in [5, 5.41) is 8.34. The molecule has 0 saturated carbocycles. The molecule has 2 aromatic carbocycles. The van der Waals surface area contributed by atoms with Crippen molar-refractivity contribution in [3.05, 3.63) is 65.2 Å². The SMILES string of the molecule is COc1cccc(-c2cc3c(s2)CCc2cnc(Nc4cccc(S(N)(=O)=O)c4)nc2-3)c1OC. The van der Waals surface area contributed by atoms with E-state index in [1.807, 2.05) is 24.4 Å². The molecule has 0 bridgehead atoms. The highest BCUT2D eigenvalue weighted by molar-refractivity contribution is 7.89. The van der Waals surface area contributed by atoms with E-state index in [-0.39, 0.29) is 4.90 Å². The lowest BCUT2D eigenvalue weighted by Crippen LogP contribution is -2.12. The van der Waals surface area contributed by atoms with E-state index in [0.717, 1.165) is 40.1 Å². The van der Waals surface area contributed by atoms with Crippen molar-refractivity contribution in [3.63, 3.8) is 0 Å². The first-order valence-electron chi connectivity index (χ1n) is 10.5. The number of benzene rings is 2. The third kappa shape index (κ3) is 4.11. The van der Waals surface area contributed by atoms with Crippen LogP contribution in [0, 0.1) is 0 Å². The van der Waals surface area contributed by atoms with Gasteiger partial charge in [-0.25, -0.2) is 23.5 Å². The third-order valence-corrected chi connectivity index (χ3v) is 7.78. The van der Waals surface area contributed by atoms with Crippen molar-refractivity contribution in [2.45, 2.75) is 17.7 Å². The lowest BCUT2D eigenvalue weighted by Gasteiger charge is -2.16. The maximum Gasteiger partial charge on any atom is 0.238 e. The number of primary sulfonamides is 1. The van der Waals surface area contributed by atoms with Gasteiger partial charge in [0.1, 0.15) is 0 Å². The average Bonchev–Trinajstić information content (AvgIpc) is 3.28. The van der Waals surface area contributed by atoms with Gasteiger partial charge in [-0.3, -0.25) is 0 Å². The first-order chi connectivity index (χ1) is 16.4. The molecule has 0 unspecified atom stereocenters. The second kappa shape index (κ2) is 8.71. The number of sulfonamides is 1. The second-order valence-electron chi connectivity index (χ2n) is 7.75. The number of para-hydroxylation sites is 1. The molecule has 2 heterocycles. The highest BCUT2D eigenvalue weighted by Gasteiger charge is 2.24. The molecule has 8 nitrogen and oxygen atoms in total. The number of methoxy groups -OCH3 is 2. The van der Waals surface area contributed by atoms with Crippen molar-refractivity contribution in [3.8, 4) is 33.2 Å². The highest BCUT2D eigenvalue weighted by Crippen LogP contribution is 2.46. The summed E-state index contributed by atoms with van der Waals surface area (Å²) in [5.74, 6) is 1.76. The average molecular weight is 495 g/mol. The lowest BCUT2D eigenvalue weighted by atomic mass is 9.96.